The number of pyridine rings is 2. The summed E-state index contributed by atoms with van der Waals surface area (Å²) in [6.07, 6.45) is 6.14. The topological polar surface area (TPSA) is 69.9 Å². The molecule has 0 amide bonds. The Kier molecular flexibility index (Phi) is 4.16. The smallest absolute Gasteiger partial charge is 0.158 e. The van der Waals surface area contributed by atoms with Crippen LogP contribution in [0.1, 0.15) is 28.5 Å². The van der Waals surface area contributed by atoms with E-state index in [9.17, 15) is 4.79 Å². The molecule has 0 saturated heterocycles. The van der Waals surface area contributed by atoms with Crippen LogP contribution in [0.3, 0.4) is 0 Å². The fourth-order valence-electron chi connectivity index (χ4n) is 2.76. The van der Waals surface area contributed by atoms with Gasteiger partial charge in [-0.3, -0.25) is 9.78 Å². The molecule has 3 aromatic rings. The van der Waals surface area contributed by atoms with Crippen molar-refractivity contribution in [1.82, 2.24) is 19.7 Å². The highest BCUT2D eigenvalue weighted by molar-refractivity contribution is 6.02. The summed E-state index contributed by atoms with van der Waals surface area (Å²) in [5.74, 6) is 0. The average molecular weight is 310 g/mol. The average Bonchev–Trinajstić information content (AvgIpc) is 2.96. The quantitative estimate of drug-likeness (QED) is 0.678. The summed E-state index contributed by atoms with van der Waals surface area (Å²) in [6, 6.07) is 2.01. The van der Waals surface area contributed by atoms with Gasteiger partial charge >= 0.3 is 0 Å². The van der Waals surface area contributed by atoms with Crippen molar-refractivity contribution in [3.05, 3.63) is 41.5 Å². The van der Waals surface area contributed by atoms with Gasteiger partial charge in [-0.05, 0) is 25.5 Å². The molecule has 0 aliphatic rings. The van der Waals surface area contributed by atoms with Crippen molar-refractivity contribution < 1.29 is 9.53 Å². The second-order valence-electron chi connectivity index (χ2n) is 5.35. The predicted octanol–water partition coefficient (Wildman–Crippen LogP) is 2.78. The number of aromatic nitrogens is 4. The standard InChI is InChI=1S/C17H18N4O2/c1-4-21-17-13(8-19-21)16(12-5-11(2)6-18-7-12)14(9-22)15(20-17)10-23-3/h5-9H,4,10H2,1-3H3. The van der Waals surface area contributed by atoms with E-state index >= 15 is 0 Å². The Labute approximate surface area is 134 Å². The van der Waals surface area contributed by atoms with Gasteiger partial charge in [0.2, 0.25) is 0 Å². The Morgan fingerprint density at radius 2 is 2.13 bits per heavy atom. The van der Waals surface area contributed by atoms with E-state index in [0.717, 1.165) is 34.0 Å². The van der Waals surface area contributed by atoms with Crippen LogP contribution >= 0.6 is 0 Å². The molecule has 23 heavy (non-hydrogen) atoms. The number of nitrogens with zero attached hydrogens (tertiary/aromatic N) is 4. The molecule has 0 spiro atoms. The van der Waals surface area contributed by atoms with Crippen LogP contribution in [0.15, 0.2) is 24.7 Å². The largest absolute Gasteiger partial charge is 0.378 e. The van der Waals surface area contributed by atoms with E-state index in [-0.39, 0.29) is 6.61 Å². The molecule has 3 rings (SSSR count). The number of methoxy groups -OCH3 is 1. The van der Waals surface area contributed by atoms with Crippen LogP contribution in [0.25, 0.3) is 22.2 Å². The number of carbonyl (C=O) groups is 1. The second kappa shape index (κ2) is 6.26. The normalized spacial score (nSPS) is 11.1. The third-order valence-electron chi connectivity index (χ3n) is 3.76. The molecule has 0 bridgehead atoms. The summed E-state index contributed by atoms with van der Waals surface area (Å²) in [5, 5.41) is 5.22. The molecule has 0 atom stereocenters. The van der Waals surface area contributed by atoms with E-state index < -0.39 is 0 Å². The first-order valence-corrected chi connectivity index (χ1v) is 7.44. The predicted molar refractivity (Wildman–Crippen MR) is 87.3 cm³/mol. The first-order chi connectivity index (χ1) is 11.2. The summed E-state index contributed by atoms with van der Waals surface area (Å²) in [7, 11) is 1.59. The molecule has 0 aliphatic heterocycles. The molecule has 0 saturated carbocycles. The molecule has 3 heterocycles. The number of carbonyl (C=O) groups excluding carboxylic acids is 1. The summed E-state index contributed by atoms with van der Waals surface area (Å²) < 4.78 is 7.03. The van der Waals surface area contributed by atoms with Gasteiger partial charge in [-0.25, -0.2) is 9.67 Å². The lowest BCUT2D eigenvalue weighted by molar-refractivity contribution is 0.111. The van der Waals surface area contributed by atoms with Crippen LogP contribution in [0.2, 0.25) is 0 Å². The number of ether oxygens (including phenoxy) is 1. The highest BCUT2D eigenvalue weighted by Gasteiger charge is 2.19. The highest BCUT2D eigenvalue weighted by atomic mass is 16.5. The minimum absolute atomic E-state index is 0.269. The molecule has 0 aliphatic carbocycles. The van der Waals surface area contributed by atoms with Crippen molar-refractivity contribution in [2.24, 2.45) is 0 Å². The molecule has 0 radical (unpaired) electrons. The van der Waals surface area contributed by atoms with E-state index in [4.69, 9.17) is 4.74 Å². The van der Waals surface area contributed by atoms with Crippen molar-refractivity contribution in [1.29, 1.82) is 0 Å². The summed E-state index contributed by atoms with van der Waals surface area (Å²) in [4.78, 5) is 20.6. The zero-order valence-corrected chi connectivity index (χ0v) is 13.4. The second-order valence-corrected chi connectivity index (χ2v) is 5.35. The van der Waals surface area contributed by atoms with E-state index in [1.54, 1.807) is 25.7 Å². The molecule has 0 aromatic carbocycles. The lowest BCUT2D eigenvalue weighted by Crippen LogP contribution is -2.05. The number of hydrogen-bond acceptors (Lipinski definition) is 5. The van der Waals surface area contributed by atoms with E-state index in [0.29, 0.717) is 17.8 Å². The monoisotopic (exact) mass is 310 g/mol. The Morgan fingerprint density at radius 1 is 1.30 bits per heavy atom. The minimum Gasteiger partial charge on any atom is -0.378 e. The fourth-order valence-corrected chi connectivity index (χ4v) is 2.76. The summed E-state index contributed by atoms with van der Waals surface area (Å²) >= 11 is 0. The van der Waals surface area contributed by atoms with Crippen molar-refractivity contribution in [3.8, 4) is 11.1 Å². The molecule has 118 valence electrons. The zero-order valence-electron chi connectivity index (χ0n) is 13.4. The van der Waals surface area contributed by atoms with Gasteiger partial charge in [-0.1, -0.05) is 0 Å². The molecule has 0 fully saturated rings. The van der Waals surface area contributed by atoms with Crippen LogP contribution < -0.4 is 0 Å². The summed E-state index contributed by atoms with van der Waals surface area (Å²) in [6.45, 7) is 4.95. The van der Waals surface area contributed by atoms with Crippen molar-refractivity contribution in [2.45, 2.75) is 27.0 Å². The molecule has 6 nitrogen and oxygen atoms in total. The maximum absolute atomic E-state index is 11.8. The van der Waals surface area contributed by atoms with Gasteiger partial charge in [-0.2, -0.15) is 5.10 Å². The number of rotatable bonds is 5. The fraction of sp³-hybridized carbons (Fsp3) is 0.294. The van der Waals surface area contributed by atoms with Gasteiger partial charge in [0, 0.05) is 48.1 Å². The minimum atomic E-state index is 0.269. The molecule has 6 heteroatoms. The van der Waals surface area contributed by atoms with Crippen LogP contribution in [-0.4, -0.2) is 33.1 Å². The molecule has 3 aromatic heterocycles. The SMILES string of the molecule is CCn1ncc2c(-c3cncc(C)c3)c(C=O)c(COC)nc21. The van der Waals surface area contributed by atoms with Gasteiger partial charge in [0.05, 0.1) is 18.5 Å². The lowest BCUT2D eigenvalue weighted by Gasteiger charge is -2.12. The third kappa shape index (κ3) is 2.61. The van der Waals surface area contributed by atoms with Crippen molar-refractivity contribution in [2.75, 3.05) is 7.11 Å². The Morgan fingerprint density at radius 3 is 2.78 bits per heavy atom. The van der Waals surface area contributed by atoms with Crippen molar-refractivity contribution >= 4 is 17.3 Å². The van der Waals surface area contributed by atoms with Gasteiger partial charge in [0.15, 0.2) is 11.9 Å². The Bertz CT molecular complexity index is 870. The number of aldehydes is 1. The van der Waals surface area contributed by atoms with Crippen molar-refractivity contribution in [3.63, 3.8) is 0 Å². The number of fused-ring (bicyclic) bond motifs is 1. The number of aryl methyl sites for hydroxylation is 2. The Balaban J connectivity index is 2.40. The summed E-state index contributed by atoms with van der Waals surface area (Å²) in [5.41, 5.74) is 4.62. The van der Waals surface area contributed by atoms with E-state index in [1.807, 2.05) is 24.6 Å². The van der Waals surface area contributed by atoms with Gasteiger partial charge in [0.25, 0.3) is 0 Å². The Hall–Kier alpha value is -2.60. The van der Waals surface area contributed by atoms with Crippen LogP contribution in [0.4, 0.5) is 0 Å². The van der Waals surface area contributed by atoms with Gasteiger partial charge in [-0.15, -0.1) is 0 Å². The van der Waals surface area contributed by atoms with E-state index in [2.05, 4.69) is 15.1 Å². The van der Waals surface area contributed by atoms with E-state index in [1.165, 1.54) is 0 Å². The highest BCUT2D eigenvalue weighted by Crippen LogP contribution is 2.32. The first kappa shape index (κ1) is 15.3. The zero-order chi connectivity index (χ0) is 16.4. The van der Waals surface area contributed by atoms with Crippen LogP contribution in [0, 0.1) is 6.92 Å². The molecule has 0 unspecified atom stereocenters. The number of hydrogen-bond donors (Lipinski definition) is 0. The van der Waals surface area contributed by atoms with Crippen LogP contribution in [-0.2, 0) is 17.9 Å². The molecular formula is C17H18N4O2. The molecule has 0 N–H and O–H groups in total. The van der Waals surface area contributed by atoms with Gasteiger partial charge in [0.1, 0.15) is 0 Å². The van der Waals surface area contributed by atoms with Gasteiger partial charge < -0.3 is 4.74 Å². The lowest BCUT2D eigenvalue weighted by atomic mass is 9.97. The maximum atomic E-state index is 11.8. The molecular weight excluding hydrogens is 292 g/mol. The third-order valence-corrected chi connectivity index (χ3v) is 3.76. The van der Waals surface area contributed by atoms with Crippen LogP contribution in [0.5, 0.6) is 0 Å². The first-order valence-electron chi connectivity index (χ1n) is 7.44. The maximum Gasteiger partial charge on any atom is 0.158 e.